The third-order valence-electron chi connectivity index (χ3n) is 3.24. The van der Waals surface area contributed by atoms with E-state index >= 15 is 0 Å². The molecule has 1 aliphatic rings. The molecule has 18 heavy (non-hydrogen) atoms. The van der Waals surface area contributed by atoms with E-state index in [1.807, 2.05) is 29.2 Å². The van der Waals surface area contributed by atoms with Crippen molar-refractivity contribution < 1.29 is 9.53 Å². The molecule has 0 aromatic heterocycles. The van der Waals surface area contributed by atoms with Gasteiger partial charge in [0.1, 0.15) is 6.10 Å². The van der Waals surface area contributed by atoms with Crippen molar-refractivity contribution in [1.82, 2.24) is 4.90 Å². The van der Waals surface area contributed by atoms with Crippen LogP contribution < -0.4 is 0 Å². The van der Waals surface area contributed by atoms with Crippen molar-refractivity contribution >= 4 is 17.5 Å². The summed E-state index contributed by atoms with van der Waals surface area (Å²) in [5.74, 6) is 0.0648. The van der Waals surface area contributed by atoms with Crippen molar-refractivity contribution in [3.05, 3.63) is 34.9 Å². The summed E-state index contributed by atoms with van der Waals surface area (Å²) in [6, 6.07) is 8.01. The summed E-state index contributed by atoms with van der Waals surface area (Å²) in [6.07, 6.45) is 1.81. The SMILES string of the molecule is COC(C)C(=O)N(Cc1ccc(Cl)cc1)C1CC1. The molecule has 1 aromatic carbocycles. The van der Waals surface area contributed by atoms with Crippen LogP contribution in [0.25, 0.3) is 0 Å². The fourth-order valence-electron chi connectivity index (χ4n) is 1.89. The number of carbonyl (C=O) groups is 1. The Morgan fingerprint density at radius 2 is 2.06 bits per heavy atom. The third-order valence-corrected chi connectivity index (χ3v) is 3.49. The van der Waals surface area contributed by atoms with Crippen LogP contribution in [0.3, 0.4) is 0 Å². The molecule has 4 heteroatoms. The molecule has 0 N–H and O–H groups in total. The van der Waals surface area contributed by atoms with Gasteiger partial charge in [-0.3, -0.25) is 4.79 Å². The molecule has 3 nitrogen and oxygen atoms in total. The summed E-state index contributed by atoms with van der Waals surface area (Å²) in [7, 11) is 1.57. The van der Waals surface area contributed by atoms with Crippen molar-refractivity contribution in [3.8, 4) is 0 Å². The number of hydrogen-bond donors (Lipinski definition) is 0. The van der Waals surface area contributed by atoms with E-state index in [0.29, 0.717) is 17.6 Å². The normalized spacial score (nSPS) is 16.4. The van der Waals surface area contributed by atoms with Gasteiger partial charge in [-0.1, -0.05) is 23.7 Å². The summed E-state index contributed by atoms with van der Waals surface area (Å²) in [4.78, 5) is 14.1. The Labute approximate surface area is 113 Å². The first-order chi connectivity index (χ1) is 8.61. The standard InChI is InChI=1S/C14H18ClNO2/c1-10(18-2)14(17)16(13-7-8-13)9-11-3-5-12(15)6-4-11/h3-6,10,13H,7-9H2,1-2H3. The topological polar surface area (TPSA) is 29.5 Å². The van der Waals surface area contributed by atoms with E-state index in [-0.39, 0.29) is 12.0 Å². The molecule has 1 aliphatic carbocycles. The quantitative estimate of drug-likeness (QED) is 0.821. The monoisotopic (exact) mass is 267 g/mol. The summed E-state index contributed by atoms with van der Waals surface area (Å²) >= 11 is 5.86. The largest absolute Gasteiger partial charge is 0.372 e. The zero-order chi connectivity index (χ0) is 13.1. The van der Waals surface area contributed by atoms with E-state index < -0.39 is 0 Å². The molecule has 1 saturated carbocycles. The highest BCUT2D eigenvalue weighted by Crippen LogP contribution is 2.29. The first-order valence-electron chi connectivity index (χ1n) is 6.19. The van der Waals surface area contributed by atoms with Gasteiger partial charge in [-0.05, 0) is 37.5 Å². The zero-order valence-electron chi connectivity index (χ0n) is 10.7. The Balaban J connectivity index is 2.06. The van der Waals surface area contributed by atoms with E-state index in [1.54, 1.807) is 14.0 Å². The highest BCUT2D eigenvalue weighted by atomic mass is 35.5. The Kier molecular flexibility index (Phi) is 4.25. The van der Waals surface area contributed by atoms with Crippen LogP contribution in [0.2, 0.25) is 5.02 Å². The fraction of sp³-hybridized carbons (Fsp3) is 0.500. The van der Waals surface area contributed by atoms with Crippen LogP contribution in [0.15, 0.2) is 24.3 Å². The highest BCUT2D eigenvalue weighted by molar-refractivity contribution is 6.30. The first-order valence-corrected chi connectivity index (χ1v) is 6.57. The molecular weight excluding hydrogens is 250 g/mol. The van der Waals surface area contributed by atoms with E-state index in [9.17, 15) is 4.79 Å². The number of halogens is 1. The van der Waals surface area contributed by atoms with Crippen LogP contribution in [0.1, 0.15) is 25.3 Å². The molecule has 0 saturated heterocycles. The molecule has 98 valence electrons. The van der Waals surface area contributed by atoms with Crippen molar-refractivity contribution in [2.45, 2.75) is 38.5 Å². The lowest BCUT2D eigenvalue weighted by molar-refractivity contribution is -0.142. The molecule has 2 rings (SSSR count). The predicted molar refractivity (Wildman–Crippen MR) is 71.5 cm³/mol. The summed E-state index contributed by atoms with van der Waals surface area (Å²) < 4.78 is 5.12. The fourth-order valence-corrected chi connectivity index (χ4v) is 2.02. The van der Waals surface area contributed by atoms with Crippen molar-refractivity contribution in [3.63, 3.8) is 0 Å². The Hall–Kier alpha value is -1.06. The van der Waals surface area contributed by atoms with Gasteiger partial charge in [-0.15, -0.1) is 0 Å². The second-order valence-electron chi connectivity index (χ2n) is 4.70. The minimum absolute atomic E-state index is 0.0648. The van der Waals surface area contributed by atoms with Crippen molar-refractivity contribution in [2.24, 2.45) is 0 Å². The Morgan fingerprint density at radius 3 is 2.56 bits per heavy atom. The molecule has 1 fully saturated rings. The minimum Gasteiger partial charge on any atom is -0.372 e. The van der Waals surface area contributed by atoms with Crippen LogP contribution in [0.4, 0.5) is 0 Å². The maximum absolute atomic E-state index is 12.2. The smallest absolute Gasteiger partial charge is 0.251 e. The number of methoxy groups -OCH3 is 1. The van der Waals surface area contributed by atoms with Gasteiger partial charge in [0.15, 0.2) is 0 Å². The van der Waals surface area contributed by atoms with Gasteiger partial charge in [0.2, 0.25) is 0 Å². The number of carbonyl (C=O) groups excluding carboxylic acids is 1. The number of benzene rings is 1. The lowest BCUT2D eigenvalue weighted by Gasteiger charge is -2.25. The van der Waals surface area contributed by atoms with Crippen LogP contribution >= 0.6 is 11.6 Å². The van der Waals surface area contributed by atoms with Gasteiger partial charge in [0.05, 0.1) is 0 Å². The average Bonchev–Trinajstić information content (AvgIpc) is 3.20. The van der Waals surface area contributed by atoms with Gasteiger partial charge in [-0.2, -0.15) is 0 Å². The number of nitrogens with zero attached hydrogens (tertiary/aromatic N) is 1. The van der Waals surface area contributed by atoms with Crippen LogP contribution in [0, 0.1) is 0 Å². The minimum atomic E-state index is -0.377. The summed E-state index contributed by atoms with van der Waals surface area (Å²) in [6.45, 7) is 2.42. The Bertz CT molecular complexity index is 414. The second-order valence-corrected chi connectivity index (χ2v) is 5.14. The highest BCUT2D eigenvalue weighted by Gasteiger charge is 2.34. The molecule has 1 atom stereocenters. The average molecular weight is 268 g/mol. The van der Waals surface area contributed by atoms with E-state index in [2.05, 4.69) is 0 Å². The van der Waals surface area contributed by atoms with Crippen LogP contribution in [-0.2, 0) is 16.1 Å². The molecule has 1 amide bonds. The predicted octanol–water partition coefficient (Wildman–Crippen LogP) is 2.87. The van der Waals surface area contributed by atoms with Crippen molar-refractivity contribution in [2.75, 3.05) is 7.11 Å². The molecule has 0 bridgehead atoms. The van der Waals surface area contributed by atoms with Gasteiger partial charge < -0.3 is 9.64 Å². The lowest BCUT2D eigenvalue weighted by Crippen LogP contribution is -2.39. The van der Waals surface area contributed by atoms with Gasteiger partial charge in [0.25, 0.3) is 5.91 Å². The second kappa shape index (κ2) is 5.72. The molecular formula is C14H18ClNO2. The summed E-state index contributed by atoms with van der Waals surface area (Å²) in [5.41, 5.74) is 1.10. The summed E-state index contributed by atoms with van der Waals surface area (Å²) in [5, 5.41) is 0.716. The molecule has 0 heterocycles. The van der Waals surface area contributed by atoms with Gasteiger partial charge >= 0.3 is 0 Å². The van der Waals surface area contributed by atoms with Crippen LogP contribution in [0.5, 0.6) is 0 Å². The molecule has 0 aliphatic heterocycles. The first kappa shape index (κ1) is 13.4. The van der Waals surface area contributed by atoms with Gasteiger partial charge in [0, 0.05) is 24.7 Å². The van der Waals surface area contributed by atoms with E-state index in [0.717, 1.165) is 18.4 Å². The number of hydrogen-bond acceptors (Lipinski definition) is 2. The number of amides is 1. The maximum Gasteiger partial charge on any atom is 0.251 e. The molecule has 0 radical (unpaired) electrons. The van der Waals surface area contributed by atoms with E-state index in [4.69, 9.17) is 16.3 Å². The van der Waals surface area contributed by atoms with Gasteiger partial charge in [-0.25, -0.2) is 0 Å². The number of rotatable bonds is 5. The van der Waals surface area contributed by atoms with Crippen LogP contribution in [-0.4, -0.2) is 30.1 Å². The number of ether oxygens (including phenoxy) is 1. The Morgan fingerprint density at radius 1 is 1.44 bits per heavy atom. The molecule has 1 aromatic rings. The van der Waals surface area contributed by atoms with E-state index in [1.165, 1.54) is 0 Å². The maximum atomic E-state index is 12.2. The lowest BCUT2D eigenvalue weighted by atomic mass is 10.2. The third kappa shape index (κ3) is 3.24. The van der Waals surface area contributed by atoms with Crippen molar-refractivity contribution in [1.29, 1.82) is 0 Å². The molecule has 0 spiro atoms. The molecule has 1 unspecified atom stereocenters. The zero-order valence-corrected chi connectivity index (χ0v) is 11.5.